The molecular weight excluding hydrogens is 421 g/mol. The van der Waals surface area contributed by atoms with Gasteiger partial charge < -0.3 is 9.13 Å². The fourth-order valence-electron chi connectivity index (χ4n) is 5.09. The molecule has 0 saturated heterocycles. The predicted molar refractivity (Wildman–Crippen MR) is 138 cm³/mol. The average Bonchev–Trinajstić information content (AvgIpc) is 3.43. The van der Waals surface area contributed by atoms with E-state index in [0.29, 0.717) is 0 Å². The van der Waals surface area contributed by atoms with Crippen molar-refractivity contribution >= 4 is 23.1 Å². The fraction of sp³-hybridized carbons (Fsp3) is 0.0667. The van der Waals surface area contributed by atoms with Crippen molar-refractivity contribution in [1.82, 2.24) is 4.57 Å². The van der Waals surface area contributed by atoms with Crippen LogP contribution in [0, 0.1) is 6.92 Å². The molecule has 5 aromatic rings. The number of benzene rings is 4. The van der Waals surface area contributed by atoms with Crippen LogP contribution in [0.2, 0.25) is 0 Å². The van der Waals surface area contributed by atoms with E-state index in [9.17, 15) is 0 Å². The highest BCUT2D eigenvalue weighted by Gasteiger charge is 2.37. The van der Waals surface area contributed by atoms with Gasteiger partial charge in [0.1, 0.15) is 0 Å². The summed E-state index contributed by atoms with van der Waals surface area (Å²) in [6.45, 7) is 2.17. The van der Waals surface area contributed by atoms with Gasteiger partial charge in [-0.25, -0.2) is 0 Å². The maximum absolute atomic E-state index is 15.3. The fourth-order valence-corrected chi connectivity index (χ4v) is 7.98. The van der Waals surface area contributed by atoms with Gasteiger partial charge in [-0.15, -0.1) is 0 Å². The van der Waals surface area contributed by atoms with E-state index in [2.05, 4.69) is 60.2 Å². The molecule has 0 saturated carbocycles. The van der Waals surface area contributed by atoms with Crippen LogP contribution in [0.5, 0.6) is 0 Å². The highest BCUT2D eigenvalue weighted by atomic mass is 31.2. The molecule has 0 spiro atoms. The Balaban J connectivity index is 1.71. The van der Waals surface area contributed by atoms with Crippen molar-refractivity contribution in [3.63, 3.8) is 0 Å². The first kappa shape index (κ1) is 20.0. The zero-order valence-electron chi connectivity index (χ0n) is 18.5. The second-order valence-corrected chi connectivity index (χ2v) is 11.3. The summed E-state index contributed by atoms with van der Waals surface area (Å²) < 4.78 is 17.6. The van der Waals surface area contributed by atoms with Crippen LogP contribution in [0.25, 0.3) is 16.8 Å². The molecule has 4 aromatic carbocycles. The molecule has 0 unspecified atom stereocenters. The SMILES string of the molecule is Cc1cccc2c1Cc1c(-c3ccccc3)c(P(=O)(c3ccccc3)c3ccccc3)cn1-2. The Kier molecular flexibility index (Phi) is 4.71. The molecule has 0 fully saturated rings. The molecule has 0 aliphatic carbocycles. The predicted octanol–water partition coefficient (Wildman–Crippen LogP) is 6.00. The minimum Gasteiger partial charge on any atom is -0.319 e. The van der Waals surface area contributed by atoms with Crippen LogP contribution < -0.4 is 15.9 Å². The smallest absolute Gasteiger partial charge is 0.173 e. The Morgan fingerprint density at radius 3 is 1.88 bits per heavy atom. The second-order valence-electron chi connectivity index (χ2n) is 8.60. The zero-order chi connectivity index (χ0) is 22.4. The number of nitrogens with zero attached hydrogens (tertiary/aromatic N) is 1. The number of fused-ring (bicyclic) bond motifs is 3. The van der Waals surface area contributed by atoms with Crippen molar-refractivity contribution in [1.29, 1.82) is 0 Å². The molecule has 1 aliphatic heterocycles. The molecule has 6 rings (SSSR count). The summed E-state index contributed by atoms with van der Waals surface area (Å²) in [6, 6.07) is 36.8. The third kappa shape index (κ3) is 3.06. The van der Waals surface area contributed by atoms with Crippen molar-refractivity contribution in [2.45, 2.75) is 13.3 Å². The van der Waals surface area contributed by atoms with Gasteiger partial charge in [0.25, 0.3) is 0 Å². The first-order valence-electron chi connectivity index (χ1n) is 11.3. The third-order valence-corrected chi connectivity index (χ3v) is 9.79. The van der Waals surface area contributed by atoms with E-state index in [4.69, 9.17) is 0 Å². The Hall–Kier alpha value is -3.61. The molecular formula is C30H24NOP. The second kappa shape index (κ2) is 7.76. The molecule has 1 aliphatic rings. The van der Waals surface area contributed by atoms with Gasteiger partial charge in [0.2, 0.25) is 0 Å². The maximum Gasteiger partial charge on any atom is 0.173 e. The van der Waals surface area contributed by atoms with Gasteiger partial charge in [0.05, 0.1) is 0 Å². The number of hydrogen-bond donors (Lipinski definition) is 0. The Morgan fingerprint density at radius 1 is 0.697 bits per heavy atom. The molecule has 0 bridgehead atoms. The quantitative estimate of drug-likeness (QED) is 0.305. The zero-order valence-corrected chi connectivity index (χ0v) is 19.4. The first-order chi connectivity index (χ1) is 16.2. The van der Waals surface area contributed by atoms with Crippen LogP contribution in [0.15, 0.2) is 115 Å². The van der Waals surface area contributed by atoms with Crippen LogP contribution in [-0.4, -0.2) is 4.57 Å². The van der Waals surface area contributed by atoms with E-state index in [1.54, 1.807) is 0 Å². The molecule has 0 amide bonds. The number of hydrogen-bond acceptors (Lipinski definition) is 1. The summed E-state index contributed by atoms with van der Waals surface area (Å²) in [7, 11) is -3.11. The van der Waals surface area contributed by atoms with Crippen LogP contribution in [0.4, 0.5) is 0 Å². The van der Waals surface area contributed by atoms with E-state index >= 15 is 4.57 Å². The lowest BCUT2D eigenvalue weighted by Gasteiger charge is -2.21. The molecule has 2 heterocycles. The number of aromatic nitrogens is 1. The summed E-state index contributed by atoms with van der Waals surface area (Å²) in [5.41, 5.74) is 7.27. The van der Waals surface area contributed by atoms with Crippen molar-refractivity contribution in [2.75, 3.05) is 0 Å². The van der Waals surface area contributed by atoms with Crippen molar-refractivity contribution < 1.29 is 4.57 Å². The molecule has 1 aromatic heterocycles. The van der Waals surface area contributed by atoms with Gasteiger partial charge in [-0.3, -0.25) is 0 Å². The van der Waals surface area contributed by atoms with Crippen molar-refractivity contribution in [2.24, 2.45) is 0 Å². The Labute approximate surface area is 194 Å². The minimum atomic E-state index is -3.11. The minimum absolute atomic E-state index is 0.843. The van der Waals surface area contributed by atoms with Gasteiger partial charge in [-0.05, 0) is 29.7 Å². The lowest BCUT2D eigenvalue weighted by molar-refractivity contribution is 0.592. The van der Waals surface area contributed by atoms with Gasteiger partial charge in [0, 0.05) is 45.5 Å². The third-order valence-electron chi connectivity index (χ3n) is 6.72. The van der Waals surface area contributed by atoms with Gasteiger partial charge in [-0.2, -0.15) is 0 Å². The van der Waals surface area contributed by atoms with Gasteiger partial charge >= 0.3 is 0 Å². The highest BCUT2D eigenvalue weighted by molar-refractivity contribution is 7.85. The van der Waals surface area contributed by atoms with Crippen LogP contribution in [0.1, 0.15) is 16.8 Å². The highest BCUT2D eigenvalue weighted by Crippen LogP contribution is 2.48. The molecule has 0 N–H and O–H groups in total. The topological polar surface area (TPSA) is 22.0 Å². The van der Waals surface area contributed by atoms with Crippen molar-refractivity contribution in [3.8, 4) is 16.8 Å². The lowest BCUT2D eigenvalue weighted by atomic mass is 10.0. The van der Waals surface area contributed by atoms with Gasteiger partial charge in [0.15, 0.2) is 7.14 Å². The molecule has 160 valence electrons. The summed E-state index contributed by atoms with van der Waals surface area (Å²) in [5, 5.41) is 2.64. The van der Waals surface area contributed by atoms with E-state index in [1.807, 2.05) is 66.7 Å². The Morgan fingerprint density at radius 2 is 1.27 bits per heavy atom. The molecule has 0 atom stereocenters. The summed E-state index contributed by atoms with van der Waals surface area (Å²) in [4.78, 5) is 0. The molecule has 33 heavy (non-hydrogen) atoms. The normalized spacial score (nSPS) is 12.4. The van der Waals surface area contributed by atoms with Crippen LogP contribution in [0.3, 0.4) is 0 Å². The number of rotatable bonds is 4. The average molecular weight is 446 g/mol. The summed E-state index contributed by atoms with van der Waals surface area (Å²) in [6.07, 6.45) is 2.99. The van der Waals surface area contributed by atoms with Gasteiger partial charge in [-0.1, -0.05) is 103 Å². The van der Waals surface area contributed by atoms with E-state index in [-0.39, 0.29) is 0 Å². The monoisotopic (exact) mass is 445 g/mol. The largest absolute Gasteiger partial charge is 0.319 e. The Bertz CT molecular complexity index is 1460. The molecule has 3 heteroatoms. The van der Waals surface area contributed by atoms with Crippen LogP contribution >= 0.6 is 7.14 Å². The molecule has 0 radical (unpaired) electrons. The lowest BCUT2D eigenvalue weighted by Crippen LogP contribution is -2.25. The first-order valence-corrected chi connectivity index (χ1v) is 13.0. The molecule has 2 nitrogen and oxygen atoms in total. The standard InChI is InChI=1S/C30H24NOP/c1-22-12-11-19-27-26(22)20-28-30(23-13-5-2-6-14-23)29(21-31(27)28)33(32,24-15-7-3-8-16-24)25-17-9-4-10-18-25/h2-19,21H,20H2,1H3. The van der Waals surface area contributed by atoms with E-state index in [0.717, 1.165) is 33.5 Å². The summed E-state index contributed by atoms with van der Waals surface area (Å²) in [5.74, 6) is 0. The van der Waals surface area contributed by atoms with E-state index < -0.39 is 7.14 Å². The number of aryl methyl sites for hydroxylation is 1. The maximum atomic E-state index is 15.3. The summed E-state index contributed by atoms with van der Waals surface area (Å²) >= 11 is 0. The van der Waals surface area contributed by atoms with Crippen molar-refractivity contribution in [3.05, 3.63) is 132 Å². The van der Waals surface area contributed by atoms with E-state index in [1.165, 1.54) is 22.5 Å². The van der Waals surface area contributed by atoms with Crippen LogP contribution in [-0.2, 0) is 11.0 Å².